The summed E-state index contributed by atoms with van der Waals surface area (Å²) in [4.78, 5) is 29.5. The Morgan fingerprint density at radius 1 is 1.44 bits per heavy atom. The Morgan fingerprint density at radius 2 is 2.04 bits per heavy atom. The SMILES string of the molecule is CCC1=NNC(=O)C1(C)CNC(=O)C(C)(C)NC.CN(C)CCOO. The molecule has 2 amide bonds. The number of amides is 2. The smallest absolute Gasteiger partial charge is 0.253 e. The second kappa shape index (κ2) is 10.4. The lowest BCUT2D eigenvalue weighted by molar-refractivity contribution is -0.243. The second-order valence-electron chi connectivity index (χ2n) is 6.88. The van der Waals surface area contributed by atoms with Gasteiger partial charge in [0.05, 0.1) is 17.9 Å². The van der Waals surface area contributed by atoms with Crippen LogP contribution in [0.5, 0.6) is 0 Å². The number of rotatable bonds is 8. The predicted molar refractivity (Wildman–Crippen MR) is 97.3 cm³/mol. The predicted octanol–water partition coefficient (Wildman–Crippen LogP) is 0.0403. The number of nitrogens with one attached hydrogen (secondary N) is 3. The molecular weight excluding hydrogens is 326 g/mol. The van der Waals surface area contributed by atoms with E-state index < -0.39 is 11.0 Å². The fourth-order valence-electron chi connectivity index (χ4n) is 1.96. The monoisotopic (exact) mass is 359 g/mol. The molecule has 0 radical (unpaired) electrons. The Bertz CT molecular complexity index is 479. The highest BCUT2D eigenvalue weighted by Gasteiger charge is 2.43. The average molecular weight is 359 g/mol. The fraction of sp³-hybridized carbons (Fsp3) is 0.812. The average Bonchev–Trinajstić information content (AvgIpc) is 2.86. The van der Waals surface area contributed by atoms with E-state index in [9.17, 15) is 9.59 Å². The van der Waals surface area contributed by atoms with Crippen LogP contribution in [-0.2, 0) is 14.5 Å². The topological polar surface area (TPSA) is 115 Å². The van der Waals surface area contributed by atoms with Gasteiger partial charge in [0.15, 0.2) is 0 Å². The summed E-state index contributed by atoms with van der Waals surface area (Å²) in [5, 5.41) is 17.5. The standard InChI is InChI=1S/C12H22N4O2.C4H11NO2/c1-6-8-12(4,10(18)16-15-8)7-14-9(17)11(2,3)13-5;1-5(2)3-4-7-6/h13H,6-7H2,1-5H3,(H,14,17)(H,16,18);6H,3-4H2,1-2H3. The highest BCUT2D eigenvalue weighted by atomic mass is 17.1. The van der Waals surface area contributed by atoms with Gasteiger partial charge in [-0.15, -0.1) is 0 Å². The number of carbonyl (C=O) groups excluding carboxylic acids is 2. The van der Waals surface area contributed by atoms with Crippen molar-refractivity contribution in [3.63, 3.8) is 0 Å². The van der Waals surface area contributed by atoms with Gasteiger partial charge in [-0.3, -0.25) is 14.8 Å². The molecule has 1 heterocycles. The van der Waals surface area contributed by atoms with Crippen LogP contribution in [0.15, 0.2) is 5.10 Å². The summed E-state index contributed by atoms with van der Waals surface area (Å²) in [5.74, 6) is -0.303. The number of nitrogens with zero attached hydrogens (tertiary/aromatic N) is 2. The summed E-state index contributed by atoms with van der Waals surface area (Å²) in [6.07, 6.45) is 0.681. The molecule has 1 unspecified atom stereocenters. The Balaban J connectivity index is 0.000000697. The van der Waals surface area contributed by atoms with Gasteiger partial charge in [-0.1, -0.05) is 6.92 Å². The van der Waals surface area contributed by atoms with Gasteiger partial charge in [0.2, 0.25) is 5.91 Å². The summed E-state index contributed by atoms with van der Waals surface area (Å²) in [6, 6.07) is 0. The van der Waals surface area contributed by atoms with Crippen molar-refractivity contribution in [2.75, 3.05) is 40.8 Å². The van der Waals surface area contributed by atoms with Gasteiger partial charge in [0, 0.05) is 13.1 Å². The third-order valence-electron chi connectivity index (χ3n) is 4.19. The second-order valence-corrected chi connectivity index (χ2v) is 6.88. The van der Waals surface area contributed by atoms with E-state index in [2.05, 4.69) is 26.0 Å². The molecule has 9 heteroatoms. The zero-order valence-electron chi connectivity index (χ0n) is 16.4. The number of carbonyl (C=O) groups is 2. The van der Waals surface area contributed by atoms with E-state index in [0.717, 1.165) is 12.3 Å². The van der Waals surface area contributed by atoms with E-state index in [1.54, 1.807) is 27.8 Å². The largest absolute Gasteiger partial charge is 0.353 e. The Labute approximate surface area is 150 Å². The summed E-state index contributed by atoms with van der Waals surface area (Å²) in [5.41, 5.74) is 1.84. The van der Waals surface area contributed by atoms with Crippen LogP contribution in [-0.4, -0.2) is 74.1 Å². The van der Waals surface area contributed by atoms with E-state index >= 15 is 0 Å². The number of likely N-dealkylation sites (N-methyl/N-ethyl adjacent to an activating group) is 2. The molecule has 0 aliphatic carbocycles. The van der Waals surface area contributed by atoms with Crippen molar-refractivity contribution >= 4 is 17.5 Å². The summed E-state index contributed by atoms with van der Waals surface area (Å²) >= 11 is 0. The first kappa shape index (κ1) is 23.4. The lowest BCUT2D eigenvalue weighted by Crippen LogP contribution is -2.54. The molecule has 0 saturated heterocycles. The Hall–Kier alpha value is -1.55. The maximum atomic E-state index is 12.0. The summed E-state index contributed by atoms with van der Waals surface area (Å²) in [6.45, 7) is 8.71. The summed E-state index contributed by atoms with van der Waals surface area (Å²) < 4.78 is 0. The third-order valence-corrected chi connectivity index (χ3v) is 4.19. The van der Waals surface area contributed by atoms with Gasteiger partial charge in [-0.25, -0.2) is 10.3 Å². The molecule has 0 bridgehead atoms. The highest BCUT2D eigenvalue weighted by molar-refractivity contribution is 6.12. The first-order valence-corrected chi connectivity index (χ1v) is 8.31. The molecule has 0 spiro atoms. The molecule has 0 fully saturated rings. The Kier molecular flexibility index (Phi) is 9.80. The molecule has 1 aliphatic heterocycles. The Morgan fingerprint density at radius 3 is 2.44 bits per heavy atom. The molecular formula is C16H33N5O4. The molecule has 9 nitrogen and oxygen atoms in total. The van der Waals surface area contributed by atoms with Gasteiger partial charge in [-0.05, 0) is 48.3 Å². The van der Waals surface area contributed by atoms with Crippen molar-refractivity contribution in [3.8, 4) is 0 Å². The number of hydrazone groups is 1. The van der Waals surface area contributed by atoms with Gasteiger partial charge >= 0.3 is 0 Å². The minimum atomic E-state index is -0.742. The van der Waals surface area contributed by atoms with Crippen molar-refractivity contribution in [1.29, 1.82) is 0 Å². The molecule has 4 N–H and O–H groups in total. The van der Waals surface area contributed by atoms with Crippen molar-refractivity contribution in [1.82, 2.24) is 21.0 Å². The van der Waals surface area contributed by atoms with E-state index in [0.29, 0.717) is 13.0 Å². The van der Waals surface area contributed by atoms with Crippen molar-refractivity contribution < 1.29 is 19.7 Å². The highest BCUT2D eigenvalue weighted by Crippen LogP contribution is 2.24. The molecule has 0 aromatic heterocycles. The van der Waals surface area contributed by atoms with Gasteiger partial charge in [0.1, 0.15) is 5.41 Å². The van der Waals surface area contributed by atoms with Crippen LogP contribution in [0.3, 0.4) is 0 Å². The first-order chi connectivity index (χ1) is 11.5. The zero-order chi connectivity index (χ0) is 19.7. The molecule has 146 valence electrons. The molecule has 0 aromatic rings. The lowest BCUT2D eigenvalue weighted by atomic mass is 9.83. The minimum absolute atomic E-state index is 0.138. The zero-order valence-corrected chi connectivity index (χ0v) is 16.4. The number of hydrogen-bond acceptors (Lipinski definition) is 7. The molecule has 25 heavy (non-hydrogen) atoms. The van der Waals surface area contributed by atoms with Crippen LogP contribution in [0.4, 0.5) is 0 Å². The molecule has 1 atom stereocenters. The van der Waals surface area contributed by atoms with Gasteiger partial charge < -0.3 is 15.5 Å². The van der Waals surface area contributed by atoms with Crippen LogP contribution in [0.25, 0.3) is 0 Å². The van der Waals surface area contributed by atoms with Crippen LogP contribution in [0.1, 0.15) is 34.1 Å². The molecule has 0 saturated carbocycles. The van der Waals surface area contributed by atoms with E-state index in [1.165, 1.54) is 0 Å². The van der Waals surface area contributed by atoms with Crippen molar-refractivity contribution in [2.45, 2.75) is 39.7 Å². The van der Waals surface area contributed by atoms with Crippen LogP contribution >= 0.6 is 0 Å². The lowest BCUT2D eigenvalue weighted by Gasteiger charge is -2.27. The molecule has 0 aromatic carbocycles. The van der Waals surface area contributed by atoms with Gasteiger partial charge in [-0.2, -0.15) is 5.10 Å². The minimum Gasteiger partial charge on any atom is -0.353 e. The molecule has 1 rings (SSSR count). The van der Waals surface area contributed by atoms with E-state index in [1.807, 2.05) is 25.9 Å². The van der Waals surface area contributed by atoms with Gasteiger partial charge in [0.25, 0.3) is 5.91 Å². The van der Waals surface area contributed by atoms with Crippen molar-refractivity contribution in [3.05, 3.63) is 0 Å². The van der Waals surface area contributed by atoms with Crippen LogP contribution in [0, 0.1) is 5.41 Å². The summed E-state index contributed by atoms with van der Waals surface area (Å²) in [7, 11) is 5.56. The maximum absolute atomic E-state index is 12.0. The fourth-order valence-corrected chi connectivity index (χ4v) is 1.96. The third kappa shape index (κ3) is 7.07. The quantitative estimate of drug-likeness (QED) is 0.359. The normalized spacial score (nSPS) is 19.9. The van der Waals surface area contributed by atoms with Crippen LogP contribution < -0.4 is 16.1 Å². The number of hydrogen-bond donors (Lipinski definition) is 4. The van der Waals surface area contributed by atoms with E-state index in [-0.39, 0.29) is 18.4 Å². The first-order valence-electron chi connectivity index (χ1n) is 8.31. The molecule has 1 aliphatic rings. The van der Waals surface area contributed by atoms with Crippen LogP contribution in [0.2, 0.25) is 0 Å². The maximum Gasteiger partial charge on any atom is 0.253 e. The van der Waals surface area contributed by atoms with E-state index in [4.69, 9.17) is 5.26 Å². The van der Waals surface area contributed by atoms with Crippen molar-refractivity contribution in [2.24, 2.45) is 10.5 Å².